The van der Waals surface area contributed by atoms with E-state index in [2.05, 4.69) is 26.1 Å². The molecular weight excluding hydrogens is 264 g/mol. The van der Waals surface area contributed by atoms with E-state index < -0.39 is 0 Å². The van der Waals surface area contributed by atoms with Crippen molar-refractivity contribution in [3.63, 3.8) is 0 Å². The van der Waals surface area contributed by atoms with Gasteiger partial charge in [0.1, 0.15) is 0 Å². The van der Waals surface area contributed by atoms with Crippen LogP contribution in [-0.2, 0) is 10.2 Å². The van der Waals surface area contributed by atoms with Crippen LogP contribution in [0.4, 0.5) is 0 Å². The normalized spacial score (nSPS) is 18.7. The standard InChI is InChI=1S/C17H24N2O2/c1-12(20)19-10-9-15(11-19)18-16(21)13-5-7-14(8-6-13)17(2,3)4/h5-8,15H,9-11H2,1-4H3,(H,18,21). The zero-order valence-electron chi connectivity index (χ0n) is 13.3. The molecule has 1 aliphatic heterocycles. The molecule has 0 saturated carbocycles. The highest BCUT2D eigenvalue weighted by molar-refractivity contribution is 5.94. The summed E-state index contributed by atoms with van der Waals surface area (Å²) in [6.45, 7) is 9.35. The number of rotatable bonds is 2. The predicted molar refractivity (Wildman–Crippen MR) is 83.3 cm³/mol. The molecule has 0 spiro atoms. The van der Waals surface area contributed by atoms with Crippen LogP contribution in [0.1, 0.15) is 50.0 Å². The van der Waals surface area contributed by atoms with Crippen molar-refractivity contribution in [2.75, 3.05) is 13.1 Å². The van der Waals surface area contributed by atoms with Gasteiger partial charge in [-0.2, -0.15) is 0 Å². The van der Waals surface area contributed by atoms with Gasteiger partial charge in [0.15, 0.2) is 0 Å². The molecule has 1 aliphatic rings. The molecule has 0 radical (unpaired) electrons. The van der Waals surface area contributed by atoms with E-state index >= 15 is 0 Å². The van der Waals surface area contributed by atoms with Crippen molar-refractivity contribution in [3.8, 4) is 0 Å². The van der Waals surface area contributed by atoms with Crippen LogP contribution in [0.2, 0.25) is 0 Å². The Morgan fingerprint density at radius 2 is 1.81 bits per heavy atom. The van der Waals surface area contributed by atoms with E-state index in [0.717, 1.165) is 13.0 Å². The minimum absolute atomic E-state index is 0.0590. The number of carbonyl (C=O) groups excluding carboxylic acids is 2. The van der Waals surface area contributed by atoms with Crippen LogP contribution in [0.25, 0.3) is 0 Å². The van der Waals surface area contributed by atoms with Crippen LogP contribution in [0.15, 0.2) is 24.3 Å². The molecule has 2 rings (SSSR count). The summed E-state index contributed by atoms with van der Waals surface area (Å²) in [7, 11) is 0. The Hall–Kier alpha value is -1.84. The molecule has 1 heterocycles. The van der Waals surface area contributed by atoms with Crippen LogP contribution >= 0.6 is 0 Å². The van der Waals surface area contributed by atoms with Gasteiger partial charge in [0.05, 0.1) is 0 Å². The summed E-state index contributed by atoms with van der Waals surface area (Å²) in [6, 6.07) is 7.81. The summed E-state index contributed by atoms with van der Waals surface area (Å²) in [5.41, 5.74) is 1.97. The smallest absolute Gasteiger partial charge is 0.251 e. The Morgan fingerprint density at radius 3 is 2.29 bits per heavy atom. The van der Waals surface area contributed by atoms with E-state index in [0.29, 0.717) is 12.1 Å². The van der Waals surface area contributed by atoms with E-state index in [1.165, 1.54) is 5.56 Å². The molecule has 1 fully saturated rings. The molecule has 2 amide bonds. The highest BCUT2D eigenvalue weighted by atomic mass is 16.2. The van der Waals surface area contributed by atoms with Gasteiger partial charge < -0.3 is 10.2 Å². The number of carbonyl (C=O) groups is 2. The molecule has 1 unspecified atom stereocenters. The third-order valence-corrected chi connectivity index (χ3v) is 3.98. The zero-order chi connectivity index (χ0) is 15.6. The molecule has 0 aromatic heterocycles. The monoisotopic (exact) mass is 288 g/mol. The fourth-order valence-corrected chi connectivity index (χ4v) is 2.55. The number of nitrogens with one attached hydrogen (secondary N) is 1. The minimum Gasteiger partial charge on any atom is -0.347 e. The average Bonchev–Trinajstić information content (AvgIpc) is 2.86. The fraction of sp³-hybridized carbons (Fsp3) is 0.529. The van der Waals surface area contributed by atoms with Gasteiger partial charge in [0, 0.05) is 31.6 Å². The SMILES string of the molecule is CC(=O)N1CCC(NC(=O)c2ccc(C(C)(C)C)cc2)C1. The average molecular weight is 288 g/mol. The van der Waals surface area contributed by atoms with Gasteiger partial charge >= 0.3 is 0 Å². The molecule has 1 aromatic rings. The fourth-order valence-electron chi connectivity index (χ4n) is 2.55. The molecule has 1 saturated heterocycles. The van der Waals surface area contributed by atoms with Gasteiger partial charge in [-0.15, -0.1) is 0 Å². The van der Waals surface area contributed by atoms with Crippen molar-refractivity contribution in [2.24, 2.45) is 0 Å². The van der Waals surface area contributed by atoms with E-state index in [9.17, 15) is 9.59 Å². The lowest BCUT2D eigenvalue weighted by Gasteiger charge is -2.19. The maximum Gasteiger partial charge on any atom is 0.251 e. The van der Waals surface area contributed by atoms with Gasteiger partial charge in [-0.05, 0) is 29.5 Å². The first-order valence-electron chi connectivity index (χ1n) is 7.44. The molecule has 1 N–H and O–H groups in total. The van der Waals surface area contributed by atoms with Crippen molar-refractivity contribution in [3.05, 3.63) is 35.4 Å². The highest BCUT2D eigenvalue weighted by Crippen LogP contribution is 2.22. The van der Waals surface area contributed by atoms with Crippen molar-refractivity contribution in [1.82, 2.24) is 10.2 Å². The van der Waals surface area contributed by atoms with Crippen molar-refractivity contribution in [2.45, 2.75) is 45.6 Å². The van der Waals surface area contributed by atoms with Crippen molar-refractivity contribution < 1.29 is 9.59 Å². The quantitative estimate of drug-likeness (QED) is 0.908. The lowest BCUT2D eigenvalue weighted by molar-refractivity contribution is -0.127. The molecule has 114 valence electrons. The summed E-state index contributed by atoms with van der Waals surface area (Å²) >= 11 is 0. The first-order valence-corrected chi connectivity index (χ1v) is 7.44. The first-order chi connectivity index (χ1) is 9.77. The Balaban J connectivity index is 1.97. The van der Waals surface area contributed by atoms with Crippen LogP contribution in [-0.4, -0.2) is 35.8 Å². The summed E-state index contributed by atoms with van der Waals surface area (Å²) in [5.74, 6) is 0.00661. The lowest BCUT2D eigenvalue weighted by atomic mass is 9.86. The van der Waals surface area contributed by atoms with E-state index in [4.69, 9.17) is 0 Å². The van der Waals surface area contributed by atoms with E-state index in [-0.39, 0.29) is 23.3 Å². The van der Waals surface area contributed by atoms with Crippen LogP contribution in [0, 0.1) is 0 Å². The lowest BCUT2D eigenvalue weighted by Crippen LogP contribution is -2.38. The van der Waals surface area contributed by atoms with Gasteiger partial charge in [-0.1, -0.05) is 32.9 Å². The van der Waals surface area contributed by atoms with E-state index in [1.54, 1.807) is 11.8 Å². The minimum atomic E-state index is -0.0640. The molecule has 0 bridgehead atoms. The topological polar surface area (TPSA) is 49.4 Å². The predicted octanol–water partition coefficient (Wildman–Crippen LogP) is 2.33. The number of amides is 2. The Morgan fingerprint density at radius 1 is 1.19 bits per heavy atom. The van der Waals surface area contributed by atoms with E-state index in [1.807, 2.05) is 24.3 Å². The third-order valence-electron chi connectivity index (χ3n) is 3.98. The van der Waals surface area contributed by atoms with Gasteiger partial charge in [0.25, 0.3) is 5.91 Å². The maximum absolute atomic E-state index is 12.2. The van der Waals surface area contributed by atoms with Crippen LogP contribution in [0.3, 0.4) is 0 Å². The molecule has 0 aliphatic carbocycles. The van der Waals surface area contributed by atoms with Crippen molar-refractivity contribution >= 4 is 11.8 Å². The van der Waals surface area contributed by atoms with Gasteiger partial charge in [-0.3, -0.25) is 9.59 Å². The van der Waals surface area contributed by atoms with Crippen LogP contribution < -0.4 is 5.32 Å². The number of hydrogen-bond donors (Lipinski definition) is 1. The number of nitrogens with zero attached hydrogens (tertiary/aromatic N) is 1. The molecule has 4 heteroatoms. The molecular formula is C17H24N2O2. The Bertz CT molecular complexity index is 529. The second-order valence-corrected chi connectivity index (χ2v) is 6.75. The maximum atomic E-state index is 12.2. The molecule has 21 heavy (non-hydrogen) atoms. The largest absolute Gasteiger partial charge is 0.347 e. The van der Waals surface area contributed by atoms with Crippen LogP contribution in [0.5, 0.6) is 0 Å². The highest BCUT2D eigenvalue weighted by Gasteiger charge is 2.25. The van der Waals surface area contributed by atoms with Gasteiger partial charge in [0.2, 0.25) is 5.91 Å². The summed E-state index contributed by atoms with van der Waals surface area (Å²) in [6.07, 6.45) is 0.825. The molecule has 1 atom stereocenters. The number of hydrogen-bond acceptors (Lipinski definition) is 2. The second kappa shape index (κ2) is 5.88. The summed E-state index contributed by atoms with van der Waals surface area (Å²) < 4.78 is 0. The number of likely N-dealkylation sites (tertiary alicyclic amines) is 1. The molecule has 4 nitrogen and oxygen atoms in total. The zero-order valence-corrected chi connectivity index (χ0v) is 13.3. The third kappa shape index (κ3) is 3.84. The second-order valence-electron chi connectivity index (χ2n) is 6.75. The first kappa shape index (κ1) is 15.5. The van der Waals surface area contributed by atoms with Crippen molar-refractivity contribution in [1.29, 1.82) is 0 Å². The van der Waals surface area contributed by atoms with Gasteiger partial charge in [-0.25, -0.2) is 0 Å². The molecule has 1 aromatic carbocycles. The Kier molecular flexibility index (Phi) is 4.35. The number of benzene rings is 1. The Labute approximate surface area is 126 Å². The summed E-state index contributed by atoms with van der Waals surface area (Å²) in [4.78, 5) is 25.3. The summed E-state index contributed by atoms with van der Waals surface area (Å²) in [5, 5.41) is 3.01.